The Morgan fingerprint density at radius 3 is 2.33 bits per heavy atom. The molecule has 3 rings (SSSR count). The topological polar surface area (TPSA) is 137 Å². The maximum Gasteiger partial charge on any atom is 0.408 e. The molecular formula is C27H41N3O6. The van der Waals surface area contributed by atoms with E-state index < -0.39 is 42.4 Å². The van der Waals surface area contributed by atoms with E-state index in [1.165, 1.54) is 6.42 Å². The minimum absolute atomic E-state index is 0.0671. The summed E-state index contributed by atoms with van der Waals surface area (Å²) in [4.78, 5) is 38.2. The number of carbonyl (C=O) groups is 3. The van der Waals surface area contributed by atoms with Gasteiger partial charge >= 0.3 is 6.09 Å². The van der Waals surface area contributed by atoms with E-state index >= 15 is 0 Å². The molecule has 9 heteroatoms. The van der Waals surface area contributed by atoms with E-state index in [1.807, 2.05) is 30.3 Å². The molecule has 9 nitrogen and oxygen atoms in total. The quantitative estimate of drug-likeness (QED) is 0.331. The SMILES string of the molecule is CC(C)(C)OC(=O)N[C@@H](Cc1ccccc1)C(=O)N[C@@H](CO)[C@H](O)[C@@H]1C[C@@H]1C(=O)NC1CCCCC1. The van der Waals surface area contributed by atoms with Crippen LogP contribution in [0.5, 0.6) is 0 Å². The molecule has 0 aromatic heterocycles. The van der Waals surface area contributed by atoms with Gasteiger partial charge in [-0.15, -0.1) is 0 Å². The van der Waals surface area contributed by atoms with E-state index in [4.69, 9.17) is 4.74 Å². The van der Waals surface area contributed by atoms with Crippen molar-refractivity contribution in [1.29, 1.82) is 0 Å². The van der Waals surface area contributed by atoms with Crippen LogP contribution in [-0.2, 0) is 20.7 Å². The molecular weight excluding hydrogens is 462 g/mol. The summed E-state index contributed by atoms with van der Waals surface area (Å²) in [5.41, 5.74) is 0.0948. The highest BCUT2D eigenvalue weighted by Gasteiger charge is 2.50. The highest BCUT2D eigenvalue weighted by atomic mass is 16.6. The van der Waals surface area contributed by atoms with Gasteiger partial charge in [0.2, 0.25) is 11.8 Å². The van der Waals surface area contributed by atoms with Crippen LogP contribution in [0, 0.1) is 11.8 Å². The second-order valence-electron chi connectivity index (χ2n) is 11.0. The van der Waals surface area contributed by atoms with Gasteiger partial charge in [0, 0.05) is 18.4 Å². The van der Waals surface area contributed by atoms with Crippen molar-refractivity contribution in [2.45, 2.75) is 95.5 Å². The van der Waals surface area contributed by atoms with Crippen molar-refractivity contribution in [3.05, 3.63) is 35.9 Å². The van der Waals surface area contributed by atoms with E-state index in [-0.39, 0.29) is 30.2 Å². The lowest BCUT2D eigenvalue weighted by molar-refractivity contribution is -0.125. The Balaban J connectivity index is 1.59. The van der Waals surface area contributed by atoms with Crippen LogP contribution in [0.25, 0.3) is 0 Å². The van der Waals surface area contributed by atoms with Crippen LogP contribution < -0.4 is 16.0 Å². The Hall–Kier alpha value is -2.65. The first-order valence-corrected chi connectivity index (χ1v) is 13.0. The van der Waals surface area contributed by atoms with Crippen LogP contribution in [0.4, 0.5) is 4.79 Å². The predicted octanol–water partition coefficient (Wildman–Crippen LogP) is 2.05. The van der Waals surface area contributed by atoms with Gasteiger partial charge < -0.3 is 30.9 Å². The van der Waals surface area contributed by atoms with Gasteiger partial charge in [-0.2, -0.15) is 0 Å². The van der Waals surface area contributed by atoms with Gasteiger partial charge in [0.05, 0.1) is 18.8 Å². The molecule has 0 saturated heterocycles. The Kier molecular flexibility index (Phi) is 9.73. The van der Waals surface area contributed by atoms with Gasteiger partial charge in [-0.05, 0) is 51.5 Å². The second kappa shape index (κ2) is 12.5. The predicted molar refractivity (Wildman–Crippen MR) is 135 cm³/mol. The monoisotopic (exact) mass is 503 g/mol. The van der Waals surface area contributed by atoms with E-state index in [0.29, 0.717) is 6.42 Å². The number of ether oxygens (including phenoxy) is 1. The zero-order valence-electron chi connectivity index (χ0n) is 21.5. The first kappa shape index (κ1) is 27.9. The molecule has 36 heavy (non-hydrogen) atoms. The van der Waals surface area contributed by atoms with Gasteiger partial charge in [0.25, 0.3) is 0 Å². The van der Waals surface area contributed by atoms with Gasteiger partial charge in [-0.25, -0.2) is 4.79 Å². The van der Waals surface area contributed by atoms with E-state index in [2.05, 4.69) is 16.0 Å². The highest BCUT2D eigenvalue weighted by Crippen LogP contribution is 2.42. The molecule has 0 unspecified atom stereocenters. The molecule has 5 atom stereocenters. The molecule has 1 aromatic rings. The fourth-order valence-electron chi connectivity index (χ4n) is 4.78. The van der Waals surface area contributed by atoms with Crippen LogP contribution in [0.15, 0.2) is 30.3 Å². The summed E-state index contributed by atoms with van der Waals surface area (Å²) < 4.78 is 5.31. The number of hydrogen-bond donors (Lipinski definition) is 5. The summed E-state index contributed by atoms with van der Waals surface area (Å²) in [5, 5.41) is 29.2. The summed E-state index contributed by atoms with van der Waals surface area (Å²) in [6, 6.07) is 7.46. The number of aliphatic hydroxyl groups excluding tert-OH is 2. The second-order valence-corrected chi connectivity index (χ2v) is 11.0. The van der Waals surface area contributed by atoms with Crippen molar-refractivity contribution >= 4 is 17.9 Å². The third-order valence-electron chi connectivity index (χ3n) is 6.79. The van der Waals surface area contributed by atoms with Crippen molar-refractivity contribution in [2.75, 3.05) is 6.61 Å². The Morgan fingerprint density at radius 1 is 1.06 bits per heavy atom. The average Bonchev–Trinajstić information content (AvgIpc) is 3.63. The molecule has 0 spiro atoms. The van der Waals surface area contributed by atoms with Crippen LogP contribution in [-0.4, -0.2) is 64.6 Å². The standard InChI is InChI=1S/C27H41N3O6/c1-27(2,3)36-26(35)30-21(14-17-10-6-4-7-11-17)25(34)29-22(16-31)23(32)19-15-20(19)24(33)28-18-12-8-5-9-13-18/h4,6-7,10-11,18-23,31-32H,5,8-9,12-16H2,1-3H3,(H,28,33)(H,29,34)(H,30,35)/t19-,20+,21+,22+,23-/m1/s1. The molecule has 0 heterocycles. The van der Waals surface area contributed by atoms with Crippen molar-refractivity contribution in [3.8, 4) is 0 Å². The van der Waals surface area contributed by atoms with Crippen LogP contribution in [0.3, 0.4) is 0 Å². The number of amides is 3. The summed E-state index contributed by atoms with van der Waals surface area (Å²) in [6.45, 7) is 4.69. The lowest BCUT2D eigenvalue weighted by Crippen LogP contribution is -2.55. The van der Waals surface area contributed by atoms with Crippen LogP contribution in [0.1, 0.15) is 64.9 Å². The lowest BCUT2D eigenvalue weighted by Gasteiger charge is -2.27. The summed E-state index contributed by atoms with van der Waals surface area (Å²) in [7, 11) is 0. The van der Waals surface area contributed by atoms with Gasteiger partial charge in [0.1, 0.15) is 11.6 Å². The maximum atomic E-state index is 13.2. The molecule has 0 aliphatic heterocycles. The minimum Gasteiger partial charge on any atom is -0.444 e. The van der Waals surface area contributed by atoms with E-state index in [9.17, 15) is 24.6 Å². The minimum atomic E-state index is -1.08. The molecule has 2 aliphatic rings. The lowest BCUT2D eigenvalue weighted by atomic mass is 9.95. The van der Waals surface area contributed by atoms with Crippen LogP contribution in [0.2, 0.25) is 0 Å². The molecule has 2 aliphatic carbocycles. The number of nitrogens with one attached hydrogen (secondary N) is 3. The smallest absolute Gasteiger partial charge is 0.408 e. The summed E-state index contributed by atoms with van der Waals surface area (Å²) in [5.74, 6) is -1.28. The Labute approximate surface area is 213 Å². The fraction of sp³-hybridized carbons (Fsp3) is 0.667. The highest BCUT2D eigenvalue weighted by molar-refractivity contribution is 5.86. The molecule has 5 N–H and O–H groups in total. The van der Waals surface area contributed by atoms with Crippen molar-refractivity contribution in [3.63, 3.8) is 0 Å². The normalized spacial score (nSPS) is 22.6. The van der Waals surface area contributed by atoms with Crippen molar-refractivity contribution in [1.82, 2.24) is 16.0 Å². The van der Waals surface area contributed by atoms with Gasteiger partial charge in [-0.3, -0.25) is 9.59 Å². The van der Waals surface area contributed by atoms with Crippen molar-refractivity contribution < 1.29 is 29.3 Å². The number of rotatable bonds is 10. The Morgan fingerprint density at radius 2 is 1.72 bits per heavy atom. The Bertz CT molecular complexity index is 881. The van der Waals surface area contributed by atoms with E-state index in [1.54, 1.807) is 20.8 Å². The largest absolute Gasteiger partial charge is 0.444 e. The van der Waals surface area contributed by atoms with E-state index in [0.717, 1.165) is 31.2 Å². The molecule has 2 fully saturated rings. The fourth-order valence-corrected chi connectivity index (χ4v) is 4.78. The zero-order valence-corrected chi connectivity index (χ0v) is 21.5. The first-order chi connectivity index (χ1) is 17.1. The number of alkyl carbamates (subject to hydrolysis) is 1. The van der Waals surface area contributed by atoms with Gasteiger partial charge in [-0.1, -0.05) is 49.6 Å². The van der Waals surface area contributed by atoms with Crippen molar-refractivity contribution in [2.24, 2.45) is 11.8 Å². The number of hydrogen-bond acceptors (Lipinski definition) is 6. The number of aliphatic hydroxyl groups is 2. The first-order valence-electron chi connectivity index (χ1n) is 13.0. The third-order valence-corrected chi connectivity index (χ3v) is 6.79. The zero-order chi connectivity index (χ0) is 26.3. The number of carbonyl (C=O) groups excluding carboxylic acids is 3. The molecule has 3 amide bonds. The maximum absolute atomic E-state index is 13.2. The number of benzene rings is 1. The summed E-state index contributed by atoms with van der Waals surface area (Å²) in [6.07, 6.45) is 4.28. The average molecular weight is 504 g/mol. The van der Waals surface area contributed by atoms with Gasteiger partial charge in [0.15, 0.2) is 0 Å². The molecule has 0 bridgehead atoms. The molecule has 1 aromatic carbocycles. The summed E-state index contributed by atoms with van der Waals surface area (Å²) >= 11 is 0. The third kappa shape index (κ3) is 8.48. The molecule has 2 saturated carbocycles. The molecule has 200 valence electrons. The molecule has 0 radical (unpaired) electrons. The van der Waals surface area contributed by atoms with Crippen LogP contribution >= 0.6 is 0 Å².